The van der Waals surface area contributed by atoms with Crippen molar-refractivity contribution >= 4 is 53.2 Å². The van der Waals surface area contributed by atoms with Gasteiger partial charge in [0, 0.05) is 12.0 Å². The number of carbonyl (C=O) groups is 5. The molecule has 0 fully saturated rings. The molecule has 0 saturated carbocycles. The molecule has 0 aromatic heterocycles. The minimum atomic E-state index is -1.08. The molecule has 10 nitrogen and oxygen atoms in total. The highest BCUT2D eigenvalue weighted by Gasteiger charge is 2.36. The summed E-state index contributed by atoms with van der Waals surface area (Å²) in [5.41, 5.74) is 7.01. The zero-order chi connectivity index (χ0) is 27.7. The molecular weight excluding hydrogens is 532 g/mol. The summed E-state index contributed by atoms with van der Waals surface area (Å²) in [6.07, 6.45) is -0.126. The summed E-state index contributed by atoms with van der Waals surface area (Å²) in [4.78, 5) is 61.4. The summed E-state index contributed by atoms with van der Waals surface area (Å²) in [6.45, 7) is 0.0171. The van der Waals surface area contributed by atoms with Gasteiger partial charge in [-0.15, -0.1) is 0 Å². The number of hydrogen-bond acceptors (Lipinski definition) is 10. The van der Waals surface area contributed by atoms with Crippen LogP contribution in [0.2, 0.25) is 0 Å². The lowest BCUT2D eigenvalue weighted by atomic mass is 10.1. The van der Waals surface area contributed by atoms with Crippen molar-refractivity contribution in [1.82, 2.24) is 5.32 Å². The Morgan fingerprint density at radius 3 is 2.00 bits per heavy atom. The number of methoxy groups -OCH3 is 2. The Bertz CT molecular complexity index is 1200. The van der Waals surface area contributed by atoms with Crippen molar-refractivity contribution < 1.29 is 38.2 Å². The van der Waals surface area contributed by atoms with Gasteiger partial charge in [0.1, 0.15) is 22.5 Å². The minimum Gasteiger partial charge on any atom is -0.465 e. The van der Waals surface area contributed by atoms with Crippen molar-refractivity contribution in [3.8, 4) is 0 Å². The van der Waals surface area contributed by atoms with Crippen LogP contribution in [0.5, 0.6) is 0 Å². The predicted molar refractivity (Wildman–Crippen MR) is 141 cm³/mol. The molecule has 0 radical (unpaired) electrons. The van der Waals surface area contributed by atoms with Gasteiger partial charge in [-0.25, -0.2) is 14.4 Å². The highest BCUT2D eigenvalue weighted by molar-refractivity contribution is 8.23. The lowest BCUT2D eigenvalue weighted by Crippen LogP contribution is -2.42. The van der Waals surface area contributed by atoms with Crippen LogP contribution in [0, 0.1) is 0 Å². The molecule has 0 saturated heterocycles. The fourth-order valence-electron chi connectivity index (χ4n) is 3.35. The summed E-state index contributed by atoms with van der Waals surface area (Å²) in [5, 5.41) is 2.61. The molecule has 1 aliphatic heterocycles. The molecule has 2 aromatic carbocycles. The Morgan fingerprint density at radius 1 is 0.895 bits per heavy atom. The third-order valence-corrected chi connectivity index (χ3v) is 8.23. The molecular formula is C26H26N2O8S2. The number of primary amides is 1. The lowest BCUT2D eigenvalue weighted by Gasteiger charge is -2.18. The monoisotopic (exact) mass is 558 g/mol. The number of thioether (sulfide) groups is 2. The first kappa shape index (κ1) is 28.8. The average Bonchev–Trinajstić information content (AvgIpc) is 3.39. The van der Waals surface area contributed by atoms with E-state index >= 15 is 0 Å². The summed E-state index contributed by atoms with van der Waals surface area (Å²) in [6, 6.07) is 14.4. The maximum Gasteiger partial charge on any atom is 0.345 e. The third kappa shape index (κ3) is 7.62. The number of benzene rings is 2. The van der Waals surface area contributed by atoms with Crippen LogP contribution >= 0.6 is 23.5 Å². The van der Waals surface area contributed by atoms with E-state index in [4.69, 9.17) is 19.9 Å². The second kappa shape index (κ2) is 13.7. The maximum atomic E-state index is 12.9. The van der Waals surface area contributed by atoms with Crippen LogP contribution in [0.25, 0.3) is 0 Å². The Hall–Kier alpha value is -3.77. The van der Waals surface area contributed by atoms with E-state index in [-0.39, 0.29) is 39.4 Å². The van der Waals surface area contributed by atoms with Gasteiger partial charge < -0.3 is 25.3 Å². The van der Waals surface area contributed by atoms with Gasteiger partial charge in [0.25, 0.3) is 5.91 Å². The molecule has 12 heteroatoms. The first-order valence-electron chi connectivity index (χ1n) is 11.4. The number of nitrogens with two attached hydrogens (primary N) is 1. The van der Waals surface area contributed by atoms with Gasteiger partial charge in [-0.3, -0.25) is 9.59 Å². The standard InChI is InChI=1S/C26H26N2O8S2/c1-34-24(32)20-21(25(33)35-2)38-26(37-20)17-10-8-16(9-11-17)22(30)28-18(12-13-19(27)29)23(31)36-14-15-6-4-3-5-7-15/h3-11,18,26H,12-14H2,1-2H3,(H2,27,29)(H,28,30)/t18-/m0/s1. The summed E-state index contributed by atoms with van der Waals surface area (Å²) in [5.74, 6) is -3.11. The first-order valence-corrected chi connectivity index (χ1v) is 13.1. The largest absolute Gasteiger partial charge is 0.465 e. The van der Waals surface area contributed by atoms with Crippen LogP contribution in [0.15, 0.2) is 64.4 Å². The molecule has 0 unspecified atom stereocenters. The minimum absolute atomic E-state index is 0.0135. The number of carbonyl (C=O) groups excluding carboxylic acids is 5. The number of rotatable bonds is 11. The fraction of sp³-hybridized carbons (Fsp3) is 0.269. The molecule has 200 valence electrons. The quantitative estimate of drug-likeness (QED) is 0.311. The van der Waals surface area contributed by atoms with Crippen LogP contribution in [0.1, 0.15) is 38.9 Å². The van der Waals surface area contributed by atoms with Gasteiger partial charge in [-0.05, 0) is 29.7 Å². The van der Waals surface area contributed by atoms with Gasteiger partial charge in [-0.2, -0.15) is 0 Å². The molecule has 1 heterocycles. The number of amides is 2. The Kier molecular flexibility index (Phi) is 10.4. The third-order valence-electron chi connectivity index (χ3n) is 5.34. The van der Waals surface area contributed by atoms with Crippen molar-refractivity contribution in [2.75, 3.05) is 14.2 Å². The van der Waals surface area contributed by atoms with E-state index in [2.05, 4.69) is 5.32 Å². The SMILES string of the molecule is COC(=O)C1=C(C(=O)OC)SC(c2ccc(C(=O)N[C@@H](CCC(N)=O)C(=O)OCc3ccccc3)cc2)S1. The lowest BCUT2D eigenvalue weighted by molar-refractivity contribution is -0.147. The molecule has 0 aliphatic carbocycles. The summed E-state index contributed by atoms with van der Waals surface area (Å²) < 4.78 is 14.5. The van der Waals surface area contributed by atoms with Crippen LogP contribution in [0.3, 0.4) is 0 Å². The number of hydrogen-bond donors (Lipinski definition) is 2. The second-order valence-electron chi connectivity index (χ2n) is 7.96. The Morgan fingerprint density at radius 2 is 1.47 bits per heavy atom. The van der Waals surface area contributed by atoms with Gasteiger partial charge in [0.05, 0.1) is 18.8 Å². The summed E-state index contributed by atoms with van der Waals surface area (Å²) >= 11 is 2.30. The normalized spacial score (nSPS) is 13.9. The van der Waals surface area contributed by atoms with Gasteiger partial charge >= 0.3 is 17.9 Å². The van der Waals surface area contributed by atoms with Crippen LogP contribution in [-0.2, 0) is 40.0 Å². The van der Waals surface area contributed by atoms with Crippen molar-refractivity contribution in [1.29, 1.82) is 0 Å². The molecule has 3 rings (SSSR count). The zero-order valence-electron chi connectivity index (χ0n) is 20.6. The van der Waals surface area contributed by atoms with Gasteiger partial charge in [0.2, 0.25) is 5.91 Å². The van der Waals surface area contributed by atoms with Gasteiger partial charge in [-0.1, -0.05) is 66.0 Å². The highest BCUT2D eigenvalue weighted by Crippen LogP contribution is 2.55. The van der Waals surface area contributed by atoms with Crippen molar-refractivity contribution in [2.45, 2.75) is 30.1 Å². The second-order valence-corrected chi connectivity index (χ2v) is 10.5. The van der Waals surface area contributed by atoms with Crippen LogP contribution < -0.4 is 11.1 Å². The fourth-order valence-corrected chi connectivity index (χ4v) is 6.16. The molecule has 1 aliphatic rings. The zero-order valence-corrected chi connectivity index (χ0v) is 22.3. The number of nitrogens with one attached hydrogen (secondary N) is 1. The van der Waals surface area contributed by atoms with E-state index in [1.54, 1.807) is 36.4 Å². The maximum absolute atomic E-state index is 12.9. The Labute approximate surface area is 227 Å². The molecule has 0 spiro atoms. The summed E-state index contributed by atoms with van der Waals surface area (Å²) in [7, 11) is 2.45. The molecule has 0 bridgehead atoms. The number of esters is 3. The predicted octanol–water partition coefficient (Wildman–Crippen LogP) is 2.83. The molecule has 38 heavy (non-hydrogen) atoms. The first-order chi connectivity index (χ1) is 18.2. The molecule has 2 aromatic rings. The highest BCUT2D eigenvalue weighted by atomic mass is 32.2. The van der Waals surface area contributed by atoms with E-state index in [9.17, 15) is 24.0 Å². The average molecular weight is 559 g/mol. The van der Waals surface area contributed by atoms with Crippen LogP contribution in [-0.4, -0.2) is 50.0 Å². The molecule has 1 atom stereocenters. The number of ether oxygens (including phenoxy) is 3. The van der Waals surface area contributed by atoms with E-state index < -0.39 is 35.8 Å². The van der Waals surface area contributed by atoms with E-state index in [1.807, 2.05) is 18.2 Å². The smallest absolute Gasteiger partial charge is 0.345 e. The molecule has 2 amide bonds. The van der Waals surface area contributed by atoms with Crippen molar-refractivity contribution in [3.05, 3.63) is 81.1 Å². The topological polar surface area (TPSA) is 151 Å². The van der Waals surface area contributed by atoms with Gasteiger partial charge in [0.15, 0.2) is 0 Å². The van der Waals surface area contributed by atoms with Crippen molar-refractivity contribution in [2.24, 2.45) is 5.73 Å². The van der Waals surface area contributed by atoms with E-state index in [0.29, 0.717) is 0 Å². The van der Waals surface area contributed by atoms with Crippen LogP contribution in [0.4, 0.5) is 0 Å². The Balaban J connectivity index is 1.67. The molecule has 3 N–H and O–H groups in total. The van der Waals surface area contributed by atoms with Crippen molar-refractivity contribution in [3.63, 3.8) is 0 Å². The van der Waals surface area contributed by atoms with E-state index in [1.165, 1.54) is 14.2 Å². The van der Waals surface area contributed by atoms with E-state index in [0.717, 1.165) is 34.7 Å².